The van der Waals surface area contributed by atoms with Gasteiger partial charge < -0.3 is 14.8 Å². The molecule has 0 saturated heterocycles. The first kappa shape index (κ1) is 14.1. The number of esters is 1. The van der Waals surface area contributed by atoms with Crippen molar-refractivity contribution >= 4 is 29.1 Å². The summed E-state index contributed by atoms with van der Waals surface area (Å²) in [6.07, 6.45) is 1.62. The number of carbonyl (C=O) groups excluding carboxylic acids is 1. The zero-order valence-corrected chi connectivity index (χ0v) is 11.8. The van der Waals surface area contributed by atoms with E-state index in [4.69, 9.17) is 16.3 Å². The van der Waals surface area contributed by atoms with Crippen molar-refractivity contribution in [3.63, 3.8) is 0 Å². The van der Waals surface area contributed by atoms with Crippen molar-refractivity contribution in [1.82, 2.24) is 4.98 Å². The van der Waals surface area contributed by atoms with E-state index >= 15 is 0 Å². The van der Waals surface area contributed by atoms with Crippen molar-refractivity contribution in [1.29, 1.82) is 0 Å². The molecule has 6 heteroatoms. The maximum absolute atomic E-state index is 11.6. The summed E-state index contributed by atoms with van der Waals surface area (Å²) in [5.74, 6) is 0.622. The van der Waals surface area contributed by atoms with Crippen molar-refractivity contribution in [3.8, 4) is 5.75 Å². The second-order valence-electron chi connectivity index (χ2n) is 3.87. The lowest BCUT2D eigenvalue weighted by Crippen LogP contribution is -2.03. The molecule has 0 aliphatic rings. The van der Waals surface area contributed by atoms with Gasteiger partial charge >= 0.3 is 5.97 Å². The van der Waals surface area contributed by atoms with Crippen LogP contribution >= 0.6 is 11.6 Å². The Morgan fingerprint density at radius 2 is 2.10 bits per heavy atom. The van der Waals surface area contributed by atoms with E-state index in [-0.39, 0.29) is 0 Å². The molecule has 0 saturated carbocycles. The normalized spacial score (nSPS) is 9.95. The molecule has 0 amide bonds. The Balaban J connectivity index is 2.38. The van der Waals surface area contributed by atoms with Crippen LogP contribution in [-0.2, 0) is 4.74 Å². The van der Waals surface area contributed by atoms with E-state index in [0.29, 0.717) is 27.8 Å². The summed E-state index contributed by atoms with van der Waals surface area (Å²) < 4.78 is 9.93. The molecule has 1 aromatic heterocycles. The predicted octanol–water partition coefficient (Wildman–Crippen LogP) is 3.27. The van der Waals surface area contributed by atoms with Gasteiger partial charge in [0.15, 0.2) is 0 Å². The van der Waals surface area contributed by atoms with Gasteiger partial charge in [-0.25, -0.2) is 9.78 Å². The molecule has 0 atom stereocenters. The van der Waals surface area contributed by atoms with Crippen molar-refractivity contribution in [2.75, 3.05) is 19.5 Å². The number of pyridine rings is 1. The molecule has 1 heterocycles. The number of rotatable bonds is 4. The Kier molecular flexibility index (Phi) is 4.42. The van der Waals surface area contributed by atoms with Gasteiger partial charge in [-0.15, -0.1) is 0 Å². The Morgan fingerprint density at radius 1 is 1.30 bits per heavy atom. The molecule has 0 unspecified atom stereocenters. The highest BCUT2D eigenvalue weighted by atomic mass is 35.5. The molecule has 0 aliphatic carbocycles. The summed E-state index contributed by atoms with van der Waals surface area (Å²) >= 11 is 6.04. The molecule has 1 aromatic carbocycles. The van der Waals surface area contributed by atoms with Gasteiger partial charge in [-0.2, -0.15) is 0 Å². The Bertz CT molecular complexity index is 632. The Morgan fingerprint density at radius 3 is 2.75 bits per heavy atom. The molecule has 104 valence electrons. The van der Waals surface area contributed by atoms with Crippen molar-refractivity contribution < 1.29 is 14.3 Å². The van der Waals surface area contributed by atoms with Gasteiger partial charge in [0.2, 0.25) is 0 Å². The molecule has 20 heavy (non-hydrogen) atoms. The SMILES string of the molecule is COC(=O)c1ccc(OC)c(Nc2ncccc2Cl)c1. The number of nitrogens with zero attached hydrogens (tertiary/aromatic N) is 1. The van der Waals surface area contributed by atoms with Crippen molar-refractivity contribution in [2.45, 2.75) is 0 Å². The minimum absolute atomic E-state index is 0.405. The average Bonchev–Trinajstić information content (AvgIpc) is 2.48. The van der Waals surface area contributed by atoms with Gasteiger partial charge in [-0.3, -0.25) is 0 Å². The first-order valence-electron chi connectivity index (χ1n) is 5.79. The minimum atomic E-state index is -0.428. The Hall–Kier alpha value is -2.27. The van der Waals surface area contributed by atoms with Gasteiger partial charge in [0.25, 0.3) is 0 Å². The molecule has 0 aliphatic heterocycles. The fraction of sp³-hybridized carbons (Fsp3) is 0.143. The van der Waals surface area contributed by atoms with E-state index < -0.39 is 5.97 Å². The fourth-order valence-corrected chi connectivity index (χ4v) is 1.82. The second-order valence-corrected chi connectivity index (χ2v) is 4.27. The third-order valence-electron chi connectivity index (χ3n) is 2.63. The number of nitrogens with one attached hydrogen (secondary N) is 1. The standard InChI is InChI=1S/C14H13ClN2O3/c1-19-12-6-5-9(14(18)20-2)8-11(12)17-13-10(15)4-3-7-16-13/h3-8H,1-2H3,(H,16,17). The predicted molar refractivity (Wildman–Crippen MR) is 76.9 cm³/mol. The number of aromatic nitrogens is 1. The van der Waals surface area contributed by atoms with Crippen molar-refractivity contribution in [3.05, 3.63) is 47.1 Å². The maximum Gasteiger partial charge on any atom is 0.337 e. The lowest BCUT2D eigenvalue weighted by molar-refractivity contribution is 0.0601. The molecule has 0 spiro atoms. The molecule has 0 bridgehead atoms. The van der Waals surface area contributed by atoms with E-state index in [1.165, 1.54) is 7.11 Å². The number of methoxy groups -OCH3 is 2. The first-order chi connectivity index (χ1) is 9.65. The first-order valence-corrected chi connectivity index (χ1v) is 6.17. The monoisotopic (exact) mass is 292 g/mol. The number of halogens is 1. The van der Waals surface area contributed by atoms with Crippen LogP contribution in [-0.4, -0.2) is 25.2 Å². The molecular weight excluding hydrogens is 280 g/mol. The van der Waals surface area contributed by atoms with E-state index in [9.17, 15) is 4.79 Å². The second kappa shape index (κ2) is 6.25. The number of hydrogen-bond acceptors (Lipinski definition) is 5. The van der Waals surface area contributed by atoms with E-state index in [2.05, 4.69) is 15.0 Å². The van der Waals surface area contributed by atoms with Crippen LogP contribution in [0.1, 0.15) is 10.4 Å². The van der Waals surface area contributed by atoms with Crippen LogP contribution < -0.4 is 10.1 Å². The van der Waals surface area contributed by atoms with E-state index in [1.54, 1.807) is 43.6 Å². The summed E-state index contributed by atoms with van der Waals surface area (Å²) in [6.45, 7) is 0. The van der Waals surface area contributed by atoms with Gasteiger partial charge in [0.1, 0.15) is 11.6 Å². The molecule has 0 fully saturated rings. The number of hydrogen-bond donors (Lipinski definition) is 1. The zero-order chi connectivity index (χ0) is 14.5. The number of benzene rings is 1. The summed E-state index contributed by atoms with van der Waals surface area (Å²) in [4.78, 5) is 15.7. The van der Waals surface area contributed by atoms with Crippen LogP contribution in [0, 0.1) is 0 Å². The minimum Gasteiger partial charge on any atom is -0.495 e. The topological polar surface area (TPSA) is 60.5 Å². The molecular formula is C14H13ClN2O3. The molecule has 2 aromatic rings. The van der Waals surface area contributed by atoms with Gasteiger partial charge in [-0.1, -0.05) is 11.6 Å². The highest BCUT2D eigenvalue weighted by molar-refractivity contribution is 6.33. The molecule has 2 rings (SSSR count). The molecule has 5 nitrogen and oxygen atoms in total. The lowest BCUT2D eigenvalue weighted by atomic mass is 10.2. The van der Waals surface area contributed by atoms with Crippen molar-refractivity contribution in [2.24, 2.45) is 0 Å². The molecule has 1 N–H and O–H groups in total. The highest BCUT2D eigenvalue weighted by Crippen LogP contribution is 2.30. The van der Waals surface area contributed by atoms with Crippen LogP contribution in [0.25, 0.3) is 0 Å². The number of carbonyl (C=O) groups is 1. The summed E-state index contributed by atoms with van der Waals surface area (Å²) in [6, 6.07) is 8.36. The van der Waals surface area contributed by atoms with Crippen LogP contribution in [0.15, 0.2) is 36.5 Å². The van der Waals surface area contributed by atoms with Crippen LogP contribution in [0.2, 0.25) is 5.02 Å². The summed E-state index contributed by atoms with van der Waals surface area (Å²) in [5.41, 5.74) is 0.985. The third-order valence-corrected chi connectivity index (χ3v) is 2.94. The van der Waals surface area contributed by atoms with Crippen LogP contribution in [0.5, 0.6) is 5.75 Å². The Labute approximate surface area is 121 Å². The van der Waals surface area contributed by atoms with Gasteiger partial charge in [0.05, 0.1) is 30.5 Å². The molecule has 0 radical (unpaired) electrons. The lowest BCUT2D eigenvalue weighted by Gasteiger charge is -2.12. The smallest absolute Gasteiger partial charge is 0.337 e. The largest absolute Gasteiger partial charge is 0.495 e. The van der Waals surface area contributed by atoms with E-state index in [1.807, 2.05) is 0 Å². The number of ether oxygens (including phenoxy) is 2. The number of anilines is 2. The van der Waals surface area contributed by atoms with Crippen LogP contribution in [0.3, 0.4) is 0 Å². The quantitative estimate of drug-likeness (QED) is 0.876. The third kappa shape index (κ3) is 3.00. The maximum atomic E-state index is 11.6. The summed E-state index contributed by atoms with van der Waals surface area (Å²) in [5, 5.41) is 3.51. The zero-order valence-electron chi connectivity index (χ0n) is 11.0. The fourth-order valence-electron chi connectivity index (χ4n) is 1.66. The highest BCUT2D eigenvalue weighted by Gasteiger charge is 2.12. The average molecular weight is 293 g/mol. The van der Waals surface area contributed by atoms with Crippen LogP contribution in [0.4, 0.5) is 11.5 Å². The van der Waals surface area contributed by atoms with Gasteiger partial charge in [-0.05, 0) is 30.3 Å². The van der Waals surface area contributed by atoms with E-state index in [0.717, 1.165) is 0 Å². The summed E-state index contributed by atoms with van der Waals surface area (Å²) in [7, 11) is 2.87. The van der Waals surface area contributed by atoms with Gasteiger partial charge in [0, 0.05) is 6.20 Å².